The lowest BCUT2D eigenvalue weighted by Crippen LogP contribution is -2.39. The van der Waals surface area contributed by atoms with E-state index in [9.17, 15) is 5.11 Å². The molecule has 78 valence electrons. The number of aliphatic hydroxyl groups is 2. The van der Waals surface area contributed by atoms with Gasteiger partial charge in [0, 0.05) is 6.61 Å². The SMILES string of the molecule is CCCOC1C(N)OC(CO)C1O. The van der Waals surface area contributed by atoms with E-state index in [0.717, 1.165) is 6.42 Å². The van der Waals surface area contributed by atoms with Crippen molar-refractivity contribution in [2.75, 3.05) is 13.2 Å². The molecular formula is C8H17NO4. The number of ether oxygens (including phenoxy) is 2. The molecule has 1 heterocycles. The van der Waals surface area contributed by atoms with E-state index in [2.05, 4.69) is 0 Å². The van der Waals surface area contributed by atoms with E-state index in [1.54, 1.807) is 0 Å². The van der Waals surface area contributed by atoms with Crippen molar-refractivity contribution in [3.8, 4) is 0 Å². The largest absolute Gasteiger partial charge is 0.394 e. The van der Waals surface area contributed by atoms with Crippen LogP contribution in [0, 0.1) is 0 Å². The topological polar surface area (TPSA) is 84.9 Å². The first kappa shape index (κ1) is 10.9. The molecule has 1 fully saturated rings. The van der Waals surface area contributed by atoms with Gasteiger partial charge in [-0.25, -0.2) is 0 Å². The molecule has 4 unspecified atom stereocenters. The summed E-state index contributed by atoms with van der Waals surface area (Å²) < 4.78 is 10.4. The predicted octanol–water partition coefficient (Wildman–Crippen LogP) is -1.18. The van der Waals surface area contributed by atoms with E-state index in [-0.39, 0.29) is 6.61 Å². The zero-order valence-electron chi connectivity index (χ0n) is 7.72. The molecule has 1 saturated heterocycles. The Hall–Kier alpha value is -0.200. The fourth-order valence-corrected chi connectivity index (χ4v) is 1.36. The molecule has 0 aromatic rings. The van der Waals surface area contributed by atoms with E-state index in [0.29, 0.717) is 6.61 Å². The highest BCUT2D eigenvalue weighted by Crippen LogP contribution is 2.20. The number of aliphatic hydroxyl groups excluding tert-OH is 2. The van der Waals surface area contributed by atoms with Crippen molar-refractivity contribution in [2.24, 2.45) is 5.73 Å². The van der Waals surface area contributed by atoms with Gasteiger partial charge in [-0.1, -0.05) is 6.92 Å². The van der Waals surface area contributed by atoms with Crippen LogP contribution in [0.1, 0.15) is 13.3 Å². The average molecular weight is 191 g/mol. The second-order valence-electron chi connectivity index (χ2n) is 3.15. The zero-order valence-corrected chi connectivity index (χ0v) is 7.72. The lowest BCUT2D eigenvalue weighted by Gasteiger charge is -2.17. The molecule has 5 heteroatoms. The summed E-state index contributed by atoms with van der Waals surface area (Å²) in [4.78, 5) is 0. The van der Waals surface area contributed by atoms with Crippen molar-refractivity contribution in [1.82, 2.24) is 0 Å². The molecule has 1 rings (SSSR count). The first-order chi connectivity index (χ1) is 6.20. The molecule has 1 aliphatic heterocycles. The van der Waals surface area contributed by atoms with Crippen LogP contribution in [0.4, 0.5) is 0 Å². The molecule has 0 aromatic heterocycles. The smallest absolute Gasteiger partial charge is 0.135 e. The highest BCUT2D eigenvalue weighted by Gasteiger charge is 2.42. The first-order valence-electron chi connectivity index (χ1n) is 4.52. The van der Waals surface area contributed by atoms with Gasteiger partial charge in [-0.2, -0.15) is 0 Å². The highest BCUT2D eigenvalue weighted by atomic mass is 16.6. The molecular weight excluding hydrogens is 174 g/mol. The molecule has 1 aliphatic rings. The Morgan fingerprint density at radius 3 is 2.69 bits per heavy atom. The second-order valence-corrected chi connectivity index (χ2v) is 3.15. The van der Waals surface area contributed by atoms with Crippen molar-refractivity contribution in [2.45, 2.75) is 37.9 Å². The Morgan fingerprint density at radius 2 is 2.23 bits per heavy atom. The van der Waals surface area contributed by atoms with E-state index < -0.39 is 24.5 Å². The van der Waals surface area contributed by atoms with Gasteiger partial charge in [0.2, 0.25) is 0 Å². The van der Waals surface area contributed by atoms with E-state index in [4.69, 9.17) is 20.3 Å². The standard InChI is InChI=1S/C8H17NO4/c1-2-3-12-7-6(11)5(4-10)13-8(7)9/h5-8,10-11H,2-4,9H2,1H3. The van der Waals surface area contributed by atoms with Crippen LogP contribution in [0.2, 0.25) is 0 Å². The molecule has 0 radical (unpaired) electrons. The molecule has 0 amide bonds. The lowest BCUT2D eigenvalue weighted by molar-refractivity contribution is -0.0351. The molecule has 0 bridgehead atoms. The van der Waals surface area contributed by atoms with Crippen molar-refractivity contribution in [3.05, 3.63) is 0 Å². The zero-order chi connectivity index (χ0) is 9.84. The third-order valence-electron chi connectivity index (χ3n) is 2.07. The van der Waals surface area contributed by atoms with Crippen LogP contribution in [0.3, 0.4) is 0 Å². The molecule has 0 saturated carbocycles. The fraction of sp³-hybridized carbons (Fsp3) is 1.00. The molecule has 0 aromatic carbocycles. The van der Waals surface area contributed by atoms with Gasteiger partial charge in [0.15, 0.2) is 0 Å². The van der Waals surface area contributed by atoms with Crippen LogP contribution in [-0.2, 0) is 9.47 Å². The summed E-state index contributed by atoms with van der Waals surface area (Å²) in [5.41, 5.74) is 5.56. The summed E-state index contributed by atoms with van der Waals surface area (Å²) in [6.45, 7) is 2.27. The van der Waals surface area contributed by atoms with Crippen LogP contribution in [0.5, 0.6) is 0 Å². The Labute approximate surface area is 77.4 Å². The summed E-state index contributed by atoms with van der Waals surface area (Å²) in [6.07, 6.45) is -1.74. The number of hydrogen-bond acceptors (Lipinski definition) is 5. The average Bonchev–Trinajstić information content (AvgIpc) is 2.39. The van der Waals surface area contributed by atoms with Crippen LogP contribution in [-0.4, -0.2) is 48.0 Å². The maximum Gasteiger partial charge on any atom is 0.135 e. The second kappa shape index (κ2) is 4.88. The summed E-state index contributed by atoms with van der Waals surface area (Å²) in [5, 5.41) is 18.4. The van der Waals surface area contributed by atoms with Gasteiger partial charge < -0.3 is 25.4 Å². The Balaban J connectivity index is 2.44. The summed E-state index contributed by atoms with van der Waals surface area (Å²) in [5.74, 6) is 0. The maximum atomic E-state index is 9.56. The first-order valence-corrected chi connectivity index (χ1v) is 4.52. The van der Waals surface area contributed by atoms with Crippen molar-refractivity contribution in [3.63, 3.8) is 0 Å². The van der Waals surface area contributed by atoms with Crippen LogP contribution in [0.25, 0.3) is 0 Å². The lowest BCUT2D eigenvalue weighted by atomic mass is 10.1. The van der Waals surface area contributed by atoms with Gasteiger partial charge in [-0.15, -0.1) is 0 Å². The van der Waals surface area contributed by atoms with Crippen molar-refractivity contribution in [1.29, 1.82) is 0 Å². The normalized spacial score (nSPS) is 39.7. The number of nitrogens with two attached hydrogens (primary N) is 1. The Bertz CT molecular complexity index is 155. The van der Waals surface area contributed by atoms with Crippen LogP contribution >= 0.6 is 0 Å². The van der Waals surface area contributed by atoms with Crippen LogP contribution < -0.4 is 5.73 Å². The quantitative estimate of drug-likeness (QED) is 0.521. The number of rotatable bonds is 4. The number of hydrogen-bond donors (Lipinski definition) is 3. The molecule has 4 N–H and O–H groups in total. The van der Waals surface area contributed by atoms with Gasteiger partial charge in [-0.3, -0.25) is 0 Å². The summed E-state index contributed by atoms with van der Waals surface area (Å²) >= 11 is 0. The van der Waals surface area contributed by atoms with Crippen LogP contribution in [0.15, 0.2) is 0 Å². The predicted molar refractivity (Wildman–Crippen MR) is 46.0 cm³/mol. The van der Waals surface area contributed by atoms with Crippen molar-refractivity contribution >= 4 is 0 Å². The highest BCUT2D eigenvalue weighted by molar-refractivity contribution is 4.88. The van der Waals surface area contributed by atoms with E-state index in [1.165, 1.54) is 0 Å². The third kappa shape index (κ3) is 2.38. The van der Waals surface area contributed by atoms with Gasteiger partial charge in [0.25, 0.3) is 0 Å². The summed E-state index contributed by atoms with van der Waals surface area (Å²) in [7, 11) is 0. The minimum absolute atomic E-state index is 0.235. The molecule has 0 aliphatic carbocycles. The third-order valence-corrected chi connectivity index (χ3v) is 2.07. The minimum atomic E-state index is -0.827. The molecule has 5 nitrogen and oxygen atoms in total. The van der Waals surface area contributed by atoms with Gasteiger partial charge >= 0.3 is 0 Å². The molecule has 0 spiro atoms. The fourth-order valence-electron chi connectivity index (χ4n) is 1.36. The summed E-state index contributed by atoms with van der Waals surface area (Å²) in [6, 6.07) is 0. The minimum Gasteiger partial charge on any atom is -0.394 e. The van der Waals surface area contributed by atoms with Gasteiger partial charge in [0.1, 0.15) is 24.5 Å². The monoisotopic (exact) mass is 191 g/mol. The Kier molecular flexibility index (Phi) is 4.08. The van der Waals surface area contributed by atoms with E-state index in [1.807, 2.05) is 6.92 Å². The van der Waals surface area contributed by atoms with Gasteiger partial charge in [-0.05, 0) is 6.42 Å². The molecule has 13 heavy (non-hydrogen) atoms. The van der Waals surface area contributed by atoms with E-state index >= 15 is 0 Å². The maximum absolute atomic E-state index is 9.56. The molecule has 4 atom stereocenters. The van der Waals surface area contributed by atoms with Gasteiger partial charge in [0.05, 0.1) is 6.61 Å². The van der Waals surface area contributed by atoms with Crippen molar-refractivity contribution < 1.29 is 19.7 Å². The Morgan fingerprint density at radius 1 is 1.54 bits per heavy atom.